The number of isocyanates is 1. The molecule has 0 bridgehead atoms. The Hall–Kier alpha value is -1.15. The van der Waals surface area contributed by atoms with Crippen molar-refractivity contribution in [3.63, 3.8) is 0 Å². The predicted octanol–water partition coefficient (Wildman–Crippen LogP) is 2.75. The quantitative estimate of drug-likeness (QED) is 0.599. The van der Waals surface area contributed by atoms with Gasteiger partial charge in [0, 0.05) is 17.5 Å². The first-order valence-electron chi connectivity index (χ1n) is 5.21. The van der Waals surface area contributed by atoms with Gasteiger partial charge in [0.1, 0.15) is 0 Å². The molecule has 0 radical (unpaired) electrons. The van der Waals surface area contributed by atoms with Crippen molar-refractivity contribution in [1.82, 2.24) is 0 Å². The lowest BCUT2D eigenvalue weighted by Gasteiger charge is -2.16. The molecule has 2 rings (SSSR count). The third-order valence-corrected chi connectivity index (χ3v) is 3.03. The van der Waals surface area contributed by atoms with Gasteiger partial charge in [-0.3, -0.25) is 0 Å². The lowest BCUT2D eigenvalue weighted by molar-refractivity contribution is 0.181. The van der Waals surface area contributed by atoms with E-state index in [1.54, 1.807) is 12.1 Å². The number of hydrogen-bond acceptors (Lipinski definition) is 3. The van der Waals surface area contributed by atoms with Crippen LogP contribution in [0.2, 0.25) is 5.02 Å². The average Bonchev–Trinajstić information content (AvgIpc) is 2.79. The maximum Gasteiger partial charge on any atom is 0.235 e. The van der Waals surface area contributed by atoms with Crippen LogP contribution in [0, 0.1) is 5.92 Å². The van der Waals surface area contributed by atoms with Crippen LogP contribution in [0.25, 0.3) is 0 Å². The van der Waals surface area contributed by atoms with Crippen molar-refractivity contribution in [2.45, 2.75) is 12.5 Å². The SMILES string of the molecule is O=C=NC(c1cccc(Cl)c1)C1CCOC1. The normalized spacial score (nSPS) is 21.4. The second kappa shape index (κ2) is 5.26. The fourth-order valence-corrected chi connectivity index (χ4v) is 2.20. The van der Waals surface area contributed by atoms with E-state index in [4.69, 9.17) is 16.3 Å². The van der Waals surface area contributed by atoms with E-state index in [0.29, 0.717) is 11.6 Å². The highest BCUT2D eigenvalue weighted by Crippen LogP contribution is 2.32. The van der Waals surface area contributed by atoms with Gasteiger partial charge in [0.2, 0.25) is 6.08 Å². The summed E-state index contributed by atoms with van der Waals surface area (Å²) in [5, 5.41) is 0.655. The highest BCUT2D eigenvalue weighted by Gasteiger charge is 2.26. The number of benzene rings is 1. The molecule has 1 saturated heterocycles. The molecule has 1 fully saturated rings. The smallest absolute Gasteiger partial charge is 0.235 e. The van der Waals surface area contributed by atoms with Gasteiger partial charge in [-0.2, -0.15) is 4.99 Å². The van der Waals surface area contributed by atoms with E-state index < -0.39 is 0 Å². The molecule has 0 aliphatic carbocycles. The van der Waals surface area contributed by atoms with Gasteiger partial charge in [-0.05, 0) is 24.1 Å². The molecule has 84 valence electrons. The zero-order chi connectivity index (χ0) is 11.4. The minimum absolute atomic E-state index is 0.182. The highest BCUT2D eigenvalue weighted by atomic mass is 35.5. The molecule has 3 nitrogen and oxygen atoms in total. The third-order valence-electron chi connectivity index (χ3n) is 2.79. The molecule has 1 heterocycles. The molecular weight excluding hydrogens is 226 g/mol. The van der Waals surface area contributed by atoms with E-state index in [9.17, 15) is 4.79 Å². The minimum atomic E-state index is -0.182. The number of rotatable bonds is 3. The van der Waals surface area contributed by atoms with Gasteiger partial charge >= 0.3 is 0 Å². The molecule has 16 heavy (non-hydrogen) atoms. The van der Waals surface area contributed by atoms with E-state index >= 15 is 0 Å². The Morgan fingerprint density at radius 1 is 1.56 bits per heavy atom. The third kappa shape index (κ3) is 2.50. The van der Waals surface area contributed by atoms with E-state index in [-0.39, 0.29) is 12.0 Å². The number of aliphatic imine (C=N–C) groups is 1. The van der Waals surface area contributed by atoms with E-state index in [0.717, 1.165) is 18.6 Å². The minimum Gasteiger partial charge on any atom is -0.381 e. The van der Waals surface area contributed by atoms with Crippen LogP contribution in [-0.2, 0) is 9.53 Å². The Morgan fingerprint density at radius 2 is 2.44 bits per heavy atom. The Kier molecular flexibility index (Phi) is 3.73. The molecule has 0 N–H and O–H groups in total. The summed E-state index contributed by atoms with van der Waals surface area (Å²) in [5.74, 6) is 0.250. The van der Waals surface area contributed by atoms with Crippen molar-refractivity contribution in [1.29, 1.82) is 0 Å². The molecule has 1 aromatic carbocycles. The second-order valence-electron chi connectivity index (χ2n) is 3.84. The van der Waals surface area contributed by atoms with Crippen molar-refractivity contribution in [3.05, 3.63) is 34.9 Å². The van der Waals surface area contributed by atoms with Crippen molar-refractivity contribution in [2.24, 2.45) is 10.9 Å². The number of ether oxygens (including phenoxy) is 1. The average molecular weight is 238 g/mol. The zero-order valence-corrected chi connectivity index (χ0v) is 9.48. The molecule has 0 aromatic heterocycles. The maximum atomic E-state index is 10.5. The Labute approximate surface area is 99.1 Å². The highest BCUT2D eigenvalue weighted by molar-refractivity contribution is 6.30. The van der Waals surface area contributed by atoms with Crippen LogP contribution in [0.5, 0.6) is 0 Å². The van der Waals surface area contributed by atoms with Gasteiger partial charge < -0.3 is 4.74 Å². The topological polar surface area (TPSA) is 38.7 Å². The molecular formula is C12H12ClNO2. The fourth-order valence-electron chi connectivity index (χ4n) is 2.00. The number of halogens is 1. The Bertz CT molecular complexity index is 409. The van der Waals surface area contributed by atoms with Gasteiger partial charge in [0.25, 0.3) is 0 Å². The van der Waals surface area contributed by atoms with E-state index in [2.05, 4.69) is 4.99 Å². The van der Waals surface area contributed by atoms with E-state index in [1.165, 1.54) is 0 Å². The van der Waals surface area contributed by atoms with Crippen LogP contribution in [0.4, 0.5) is 0 Å². The predicted molar refractivity (Wildman–Crippen MR) is 61.2 cm³/mol. The summed E-state index contributed by atoms with van der Waals surface area (Å²) in [4.78, 5) is 14.3. The van der Waals surface area contributed by atoms with Gasteiger partial charge in [0.05, 0.1) is 12.6 Å². The number of hydrogen-bond donors (Lipinski definition) is 0. The summed E-state index contributed by atoms with van der Waals surface area (Å²) in [5.41, 5.74) is 0.950. The first-order chi connectivity index (χ1) is 7.81. The molecule has 1 aliphatic rings. The summed E-state index contributed by atoms with van der Waals surface area (Å²) in [6.45, 7) is 1.37. The number of nitrogens with zero attached hydrogens (tertiary/aromatic N) is 1. The lowest BCUT2D eigenvalue weighted by atomic mass is 9.93. The molecule has 1 aromatic rings. The summed E-state index contributed by atoms with van der Waals surface area (Å²) in [6.07, 6.45) is 2.56. The fraction of sp³-hybridized carbons (Fsp3) is 0.417. The Balaban J connectivity index is 2.27. The summed E-state index contributed by atoms with van der Waals surface area (Å²) in [6, 6.07) is 7.25. The molecule has 0 saturated carbocycles. The van der Waals surface area contributed by atoms with Gasteiger partial charge in [-0.25, -0.2) is 4.79 Å². The zero-order valence-electron chi connectivity index (χ0n) is 8.73. The van der Waals surface area contributed by atoms with Crippen molar-refractivity contribution < 1.29 is 9.53 Å². The standard InChI is InChI=1S/C12H12ClNO2/c13-11-3-1-2-9(6-11)12(14-8-15)10-4-5-16-7-10/h1-3,6,10,12H,4-5,7H2. The van der Waals surface area contributed by atoms with Crippen LogP contribution >= 0.6 is 11.6 Å². The summed E-state index contributed by atoms with van der Waals surface area (Å²) < 4.78 is 5.31. The molecule has 0 spiro atoms. The van der Waals surface area contributed by atoms with Crippen molar-refractivity contribution in [2.75, 3.05) is 13.2 Å². The van der Waals surface area contributed by atoms with Crippen LogP contribution < -0.4 is 0 Å². The first kappa shape index (κ1) is 11.3. The lowest BCUT2D eigenvalue weighted by Crippen LogP contribution is -2.11. The van der Waals surface area contributed by atoms with Crippen LogP contribution in [0.15, 0.2) is 29.3 Å². The molecule has 2 atom stereocenters. The van der Waals surface area contributed by atoms with Crippen LogP contribution in [0.1, 0.15) is 18.0 Å². The largest absolute Gasteiger partial charge is 0.381 e. The van der Waals surface area contributed by atoms with Crippen LogP contribution in [0.3, 0.4) is 0 Å². The molecule has 1 aliphatic heterocycles. The van der Waals surface area contributed by atoms with Gasteiger partial charge in [0.15, 0.2) is 0 Å². The van der Waals surface area contributed by atoms with Crippen LogP contribution in [-0.4, -0.2) is 19.3 Å². The van der Waals surface area contributed by atoms with Crippen molar-refractivity contribution >= 4 is 17.7 Å². The summed E-state index contributed by atoms with van der Waals surface area (Å²) >= 11 is 5.92. The number of carbonyl (C=O) groups excluding carboxylic acids is 1. The van der Waals surface area contributed by atoms with Crippen molar-refractivity contribution in [3.8, 4) is 0 Å². The molecule has 4 heteroatoms. The monoisotopic (exact) mass is 237 g/mol. The van der Waals surface area contributed by atoms with Gasteiger partial charge in [-0.1, -0.05) is 23.7 Å². The second-order valence-corrected chi connectivity index (χ2v) is 4.28. The molecule has 0 amide bonds. The Morgan fingerprint density at radius 3 is 3.06 bits per heavy atom. The first-order valence-corrected chi connectivity index (χ1v) is 5.59. The molecule has 2 unspecified atom stereocenters. The van der Waals surface area contributed by atoms with Gasteiger partial charge in [-0.15, -0.1) is 0 Å². The van der Waals surface area contributed by atoms with E-state index in [1.807, 2.05) is 18.2 Å². The summed E-state index contributed by atoms with van der Waals surface area (Å²) in [7, 11) is 0. The maximum absolute atomic E-state index is 10.5.